The molecule has 2 rings (SSSR count). The van der Waals surface area contributed by atoms with Crippen LogP contribution in [0.15, 0.2) is 22.6 Å². The van der Waals surface area contributed by atoms with E-state index in [0.717, 1.165) is 23.8 Å². The Balaban J connectivity index is 2.44. The average molecular weight is 300 g/mol. The Labute approximate surface area is 121 Å². The Hall–Kier alpha value is -0.650. The summed E-state index contributed by atoms with van der Waals surface area (Å²) in [4.78, 5) is 0. The maximum atomic E-state index is 11.2. The molecule has 0 bridgehead atoms. The lowest BCUT2D eigenvalue weighted by atomic mass is 9.83. The van der Waals surface area contributed by atoms with Gasteiger partial charge in [0.15, 0.2) is 0 Å². The molecule has 0 radical (unpaired) electrons. The minimum absolute atomic E-state index is 0.0168. The van der Waals surface area contributed by atoms with Gasteiger partial charge in [-0.3, -0.25) is 4.55 Å². The summed E-state index contributed by atoms with van der Waals surface area (Å²) in [6.07, 6.45) is 5.00. The number of fused-ring (bicyclic) bond motifs is 1. The van der Waals surface area contributed by atoms with E-state index in [4.69, 9.17) is 4.55 Å². The van der Waals surface area contributed by atoms with Gasteiger partial charge in [-0.25, -0.2) is 0 Å². The van der Waals surface area contributed by atoms with Crippen molar-refractivity contribution >= 4 is 10.1 Å². The molecule has 2 aliphatic rings. The van der Waals surface area contributed by atoms with Gasteiger partial charge in [-0.15, -0.1) is 0 Å². The lowest BCUT2D eigenvalue weighted by molar-refractivity contribution is 0.0330. The predicted molar refractivity (Wildman–Crippen MR) is 78.6 cm³/mol. The highest BCUT2D eigenvalue weighted by Crippen LogP contribution is 2.48. The summed E-state index contributed by atoms with van der Waals surface area (Å²) in [6, 6.07) is 0. The Bertz CT molecular complexity index is 540. The zero-order valence-corrected chi connectivity index (χ0v) is 13.2. The third-order valence-electron chi connectivity index (χ3n) is 4.73. The monoisotopic (exact) mass is 300 g/mol. The van der Waals surface area contributed by atoms with Gasteiger partial charge in [0.25, 0.3) is 10.1 Å². The Morgan fingerprint density at radius 2 is 2.05 bits per heavy atom. The van der Waals surface area contributed by atoms with E-state index < -0.39 is 15.7 Å². The minimum atomic E-state index is -4.12. The van der Waals surface area contributed by atoms with Crippen LogP contribution in [0.2, 0.25) is 0 Å². The zero-order chi connectivity index (χ0) is 15.1. The van der Waals surface area contributed by atoms with Crippen LogP contribution in [0.5, 0.6) is 0 Å². The smallest absolute Gasteiger partial charge is 0.287 e. The van der Waals surface area contributed by atoms with Crippen molar-refractivity contribution < 1.29 is 18.1 Å². The van der Waals surface area contributed by atoms with Gasteiger partial charge in [0.1, 0.15) is 0 Å². The van der Waals surface area contributed by atoms with Crippen molar-refractivity contribution in [2.75, 3.05) is 0 Å². The van der Waals surface area contributed by atoms with Crippen molar-refractivity contribution in [3.05, 3.63) is 22.6 Å². The van der Waals surface area contributed by atoms with Crippen LogP contribution in [0.25, 0.3) is 0 Å². The van der Waals surface area contributed by atoms with Crippen molar-refractivity contribution in [3.8, 4) is 0 Å². The molecule has 0 amide bonds. The van der Waals surface area contributed by atoms with Crippen molar-refractivity contribution in [2.24, 2.45) is 17.8 Å². The Kier molecular flexibility index (Phi) is 4.15. The van der Waals surface area contributed by atoms with Crippen LogP contribution in [-0.4, -0.2) is 23.7 Å². The van der Waals surface area contributed by atoms with Gasteiger partial charge in [0, 0.05) is 5.92 Å². The first kappa shape index (κ1) is 15.7. The summed E-state index contributed by atoms with van der Waals surface area (Å²) in [6.45, 7) is 6.05. The minimum Gasteiger partial charge on any atom is -0.390 e. The molecule has 1 saturated carbocycles. The first-order chi connectivity index (χ1) is 9.10. The number of aliphatic hydroxyl groups is 1. The van der Waals surface area contributed by atoms with Crippen molar-refractivity contribution in [3.63, 3.8) is 0 Å². The molecule has 0 aromatic rings. The zero-order valence-electron chi connectivity index (χ0n) is 12.3. The maximum Gasteiger partial charge on any atom is 0.287 e. The van der Waals surface area contributed by atoms with Crippen LogP contribution in [-0.2, 0) is 10.1 Å². The first-order valence-corrected chi connectivity index (χ1v) is 8.71. The summed E-state index contributed by atoms with van der Waals surface area (Å²) in [5.41, 5.74) is 1.22. The third kappa shape index (κ3) is 3.32. The fourth-order valence-corrected chi connectivity index (χ4v) is 4.22. The number of hydrogen-bond acceptors (Lipinski definition) is 3. The summed E-state index contributed by atoms with van der Waals surface area (Å²) in [7, 11) is -4.12. The van der Waals surface area contributed by atoms with Gasteiger partial charge in [0.2, 0.25) is 0 Å². The molecule has 2 aliphatic carbocycles. The molecule has 4 nitrogen and oxygen atoms in total. The first-order valence-electron chi connectivity index (χ1n) is 7.21. The van der Waals surface area contributed by atoms with E-state index in [9.17, 15) is 13.5 Å². The van der Waals surface area contributed by atoms with Gasteiger partial charge in [-0.2, -0.15) is 8.42 Å². The standard InChI is InChI=1S/C15H24O4S/c1-10(2)11-4-5-12(9-20(17,18)19)13-6-7-15(3,16)14(13)8-11/h8-10,13-14,16H,4-7H2,1-3H3,(H,17,18,19)/b12-9-/t13-,14-,15-/m1/s1. The molecule has 3 atom stereocenters. The molecule has 0 saturated heterocycles. The maximum absolute atomic E-state index is 11.2. The molecule has 0 heterocycles. The highest BCUT2D eigenvalue weighted by atomic mass is 32.2. The van der Waals surface area contributed by atoms with Crippen LogP contribution in [0, 0.1) is 17.8 Å². The van der Waals surface area contributed by atoms with E-state index >= 15 is 0 Å². The number of rotatable bonds is 2. The molecule has 2 N–H and O–H groups in total. The van der Waals surface area contributed by atoms with Crippen molar-refractivity contribution in [2.45, 2.75) is 52.1 Å². The molecule has 0 aromatic heterocycles. The summed E-state index contributed by atoms with van der Waals surface area (Å²) < 4.78 is 31.5. The van der Waals surface area contributed by atoms with Crippen LogP contribution in [0.4, 0.5) is 0 Å². The molecular formula is C15H24O4S. The Morgan fingerprint density at radius 3 is 2.60 bits per heavy atom. The molecular weight excluding hydrogens is 276 g/mol. The number of hydrogen-bond donors (Lipinski definition) is 2. The molecule has 114 valence electrons. The van der Waals surface area contributed by atoms with Crippen LogP contribution in [0.3, 0.4) is 0 Å². The lowest BCUT2D eigenvalue weighted by Gasteiger charge is -2.27. The van der Waals surface area contributed by atoms with Crippen molar-refractivity contribution in [1.82, 2.24) is 0 Å². The largest absolute Gasteiger partial charge is 0.390 e. The molecule has 0 spiro atoms. The van der Waals surface area contributed by atoms with E-state index in [2.05, 4.69) is 19.9 Å². The highest BCUT2D eigenvalue weighted by molar-refractivity contribution is 7.88. The van der Waals surface area contributed by atoms with Crippen molar-refractivity contribution in [1.29, 1.82) is 0 Å². The van der Waals surface area contributed by atoms with Gasteiger partial charge in [0.05, 0.1) is 11.0 Å². The normalized spacial score (nSPS) is 36.9. The average Bonchev–Trinajstić information content (AvgIpc) is 2.46. The fourth-order valence-electron chi connectivity index (χ4n) is 3.55. The molecule has 0 unspecified atom stereocenters. The lowest BCUT2D eigenvalue weighted by Crippen LogP contribution is -2.30. The second-order valence-electron chi connectivity index (χ2n) is 6.63. The summed E-state index contributed by atoms with van der Waals surface area (Å²) in [5.74, 6) is 0.343. The molecule has 1 fully saturated rings. The van der Waals surface area contributed by atoms with E-state index in [1.54, 1.807) is 0 Å². The predicted octanol–water partition coefficient (Wildman–Crippen LogP) is 2.91. The van der Waals surface area contributed by atoms with E-state index in [1.165, 1.54) is 5.57 Å². The van der Waals surface area contributed by atoms with Gasteiger partial charge in [-0.1, -0.05) is 31.1 Å². The van der Waals surface area contributed by atoms with Gasteiger partial charge >= 0.3 is 0 Å². The topological polar surface area (TPSA) is 74.6 Å². The number of allylic oxidation sites excluding steroid dienone is 2. The van der Waals surface area contributed by atoms with E-state index in [-0.39, 0.29) is 11.8 Å². The second-order valence-corrected chi connectivity index (χ2v) is 7.90. The van der Waals surface area contributed by atoms with Crippen LogP contribution >= 0.6 is 0 Å². The molecule has 20 heavy (non-hydrogen) atoms. The summed E-state index contributed by atoms with van der Waals surface area (Å²) in [5, 5.41) is 11.5. The molecule has 0 aromatic carbocycles. The van der Waals surface area contributed by atoms with Gasteiger partial charge < -0.3 is 5.11 Å². The Morgan fingerprint density at radius 1 is 1.40 bits per heavy atom. The van der Waals surface area contributed by atoms with Crippen LogP contribution in [0.1, 0.15) is 46.5 Å². The third-order valence-corrected chi connectivity index (χ3v) is 5.33. The highest BCUT2D eigenvalue weighted by Gasteiger charge is 2.45. The fraction of sp³-hybridized carbons (Fsp3) is 0.733. The van der Waals surface area contributed by atoms with Gasteiger partial charge in [-0.05, 0) is 44.4 Å². The quantitative estimate of drug-likeness (QED) is 0.607. The van der Waals surface area contributed by atoms with Crippen LogP contribution < -0.4 is 0 Å². The van der Waals surface area contributed by atoms with E-state index in [1.807, 2.05) is 6.92 Å². The SMILES string of the molecule is CC(C)C1=C[C@@H]2[C@H](CC[C@@]2(C)O)/C(=C\S(=O)(=O)O)CC1. The van der Waals surface area contributed by atoms with E-state index in [0.29, 0.717) is 18.8 Å². The molecule has 5 heteroatoms. The second kappa shape index (κ2) is 5.28. The molecule has 0 aliphatic heterocycles. The summed E-state index contributed by atoms with van der Waals surface area (Å²) >= 11 is 0.